The highest BCUT2D eigenvalue weighted by atomic mass is 16.6. The molecule has 32 heavy (non-hydrogen) atoms. The number of nitrogens with one attached hydrogen (secondary N) is 1. The second-order valence-corrected chi connectivity index (χ2v) is 8.41. The van der Waals surface area contributed by atoms with Gasteiger partial charge in [0.15, 0.2) is 11.5 Å². The minimum absolute atomic E-state index is 0.0901. The monoisotopic (exact) mass is 437 g/mol. The molecule has 4 amide bonds. The molecule has 0 unspecified atom stereocenters. The van der Waals surface area contributed by atoms with E-state index in [-0.39, 0.29) is 18.5 Å². The molecule has 2 aliphatic heterocycles. The number of rotatable bonds is 6. The number of hydrogen-bond acceptors (Lipinski definition) is 5. The molecule has 0 bridgehead atoms. The van der Waals surface area contributed by atoms with Crippen molar-refractivity contribution in [3.05, 3.63) is 59.7 Å². The molecule has 2 aliphatic rings. The van der Waals surface area contributed by atoms with Crippen LogP contribution in [0.25, 0.3) is 0 Å². The maximum atomic E-state index is 13.3. The quantitative estimate of drug-likeness (QED) is 0.702. The van der Waals surface area contributed by atoms with Gasteiger partial charge in [-0.15, -0.1) is 0 Å². The molecule has 0 aliphatic carbocycles. The molecule has 0 radical (unpaired) electrons. The number of ether oxygens (including phenoxy) is 2. The van der Waals surface area contributed by atoms with Gasteiger partial charge >= 0.3 is 6.03 Å². The van der Waals surface area contributed by atoms with Crippen molar-refractivity contribution in [2.75, 3.05) is 19.8 Å². The van der Waals surface area contributed by atoms with Gasteiger partial charge in [0.05, 0.1) is 0 Å². The second kappa shape index (κ2) is 8.53. The van der Waals surface area contributed by atoms with Crippen LogP contribution in [0.3, 0.4) is 0 Å². The largest absolute Gasteiger partial charge is 0.486 e. The van der Waals surface area contributed by atoms with Crippen molar-refractivity contribution in [2.45, 2.75) is 38.9 Å². The number of benzene rings is 2. The zero-order chi connectivity index (χ0) is 22.9. The van der Waals surface area contributed by atoms with Gasteiger partial charge in [0.1, 0.15) is 25.3 Å². The molecule has 1 atom stereocenters. The van der Waals surface area contributed by atoms with Gasteiger partial charge in [-0.25, -0.2) is 4.79 Å². The van der Waals surface area contributed by atoms with E-state index in [9.17, 15) is 14.4 Å². The number of amides is 4. The minimum atomic E-state index is -1.30. The Morgan fingerprint density at radius 1 is 1.09 bits per heavy atom. The Bertz CT molecular complexity index is 1040. The van der Waals surface area contributed by atoms with Crippen LogP contribution in [0.4, 0.5) is 4.79 Å². The standard InChI is InChI=1S/C24H27N3O5/c1-16(2)26(14-17-7-5-4-6-8-17)21(28)15-27-22(29)24(3,25-23(27)30)18-9-10-19-20(13-18)32-12-11-31-19/h4-10,13,16H,11-12,14-15H2,1-3H3,(H,25,30)/t24-/m0/s1. The summed E-state index contributed by atoms with van der Waals surface area (Å²) in [7, 11) is 0. The van der Waals surface area contributed by atoms with Crippen LogP contribution in [0.2, 0.25) is 0 Å². The van der Waals surface area contributed by atoms with Crippen molar-refractivity contribution in [2.24, 2.45) is 0 Å². The van der Waals surface area contributed by atoms with E-state index in [0.717, 1.165) is 10.5 Å². The summed E-state index contributed by atoms with van der Waals surface area (Å²) in [6, 6.07) is 14.1. The lowest BCUT2D eigenvalue weighted by Crippen LogP contribution is -2.46. The molecule has 168 valence electrons. The van der Waals surface area contributed by atoms with Gasteiger partial charge in [0, 0.05) is 12.6 Å². The zero-order valence-electron chi connectivity index (χ0n) is 18.5. The van der Waals surface area contributed by atoms with Crippen LogP contribution in [0.15, 0.2) is 48.5 Å². The molecule has 0 spiro atoms. The van der Waals surface area contributed by atoms with Crippen LogP contribution in [0.1, 0.15) is 31.9 Å². The number of carbonyl (C=O) groups is 3. The molecule has 1 N–H and O–H groups in total. The summed E-state index contributed by atoms with van der Waals surface area (Å²) in [6.45, 7) is 6.41. The molecule has 1 saturated heterocycles. The van der Waals surface area contributed by atoms with Crippen LogP contribution in [0, 0.1) is 0 Å². The fourth-order valence-electron chi connectivity index (χ4n) is 3.96. The predicted molar refractivity (Wildman–Crippen MR) is 117 cm³/mol. The van der Waals surface area contributed by atoms with E-state index >= 15 is 0 Å². The Kier molecular flexibility index (Phi) is 5.78. The van der Waals surface area contributed by atoms with Gasteiger partial charge in [0.25, 0.3) is 5.91 Å². The summed E-state index contributed by atoms with van der Waals surface area (Å²) < 4.78 is 11.1. The van der Waals surface area contributed by atoms with Gasteiger partial charge in [-0.3, -0.25) is 14.5 Å². The molecule has 8 heteroatoms. The highest BCUT2D eigenvalue weighted by Gasteiger charge is 2.50. The molecule has 2 heterocycles. The van der Waals surface area contributed by atoms with Gasteiger partial charge < -0.3 is 19.7 Å². The lowest BCUT2D eigenvalue weighted by Gasteiger charge is -2.29. The fourth-order valence-corrected chi connectivity index (χ4v) is 3.96. The first-order chi connectivity index (χ1) is 15.3. The van der Waals surface area contributed by atoms with E-state index in [4.69, 9.17) is 9.47 Å². The SMILES string of the molecule is CC(C)N(Cc1ccccc1)C(=O)CN1C(=O)N[C@@](C)(c2ccc3c(c2)OCCO3)C1=O. The van der Waals surface area contributed by atoms with Crippen LogP contribution < -0.4 is 14.8 Å². The average Bonchev–Trinajstić information content (AvgIpc) is 3.01. The van der Waals surface area contributed by atoms with Crippen molar-refractivity contribution in [3.63, 3.8) is 0 Å². The second-order valence-electron chi connectivity index (χ2n) is 8.41. The van der Waals surface area contributed by atoms with E-state index in [2.05, 4.69) is 5.32 Å². The summed E-state index contributed by atoms with van der Waals surface area (Å²) in [5, 5.41) is 2.75. The Balaban J connectivity index is 1.52. The summed E-state index contributed by atoms with van der Waals surface area (Å²) in [6.07, 6.45) is 0. The smallest absolute Gasteiger partial charge is 0.325 e. The maximum absolute atomic E-state index is 13.3. The van der Waals surface area contributed by atoms with Crippen molar-refractivity contribution in [3.8, 4) is 11.5 Å². The number of fused-ring (bicyclic) bond motifs is 1. The van der Waals surface area contributed by atoms with E-state index in [1.54, 1.807) is 30.0 Å². The normalized spacial score (nSPS) is 19.8. The third-order valence-corrected chi connectivity index (χ3v) is 5.83. The van der Waals surface area contributed by atoms with Crippen LogP contribution in [-0.2, 0) is 21.7 Å². The summed E-state index contributed by atoms with van der Waals surface area (Å²) in [4.78, 5) is 41.7. The Morgan fingerprint density at radius 2 is 1.78 bits per heavy atom. The maximum Gasteiger partial charge on any atom is 0.325 e. The molecule has 4 rings (SSSR count). The van der Waals surface area contributed by atoms with Gasteiger partial charge in [-0.2, -0.15) is 0 Å². The molecular formula is C24H27N3O5. The number of nitrogens with zero attached hydrogens (tertiary/aromatic N) is 2. The minimum Gasteiger partial charge on any atom is -0.486 e. The van der Waals surface area contributed by atoms with E-state index in [0.29, 0.717) is 36.8 Å². The Labute approximate surface area is 187 Å². The molecule has 0 saturated carbocycles. The Morgan fingerprint density at radius 3 is 2.47 bits per heavy atom. The molecule has 2 aromatic carbocycles. The summed E-state index contributed by atoms with van der Waals surface area (Å²) in [5.41, 5.74) is 0.253. The summed E-state index contributed by atoms with van der Waals surface area (Å²) >= 11 is 0. The van der Waals surface area contributed by atoms with E-state index < -0.39 is 17.5 Å². The van der Waals surface area contributed by atoms with Crippen LogP contribution in [0.5, 0.6) is 11.5 Å². The number of urea groups is 1. The van der Waals surface area contributed by atoms with Crippen molar-refractivity contribution >= 4 is 17.8 Å². The topological polar surface area (TPSA) is 88.2 Å². The molecule has 2 aromatic rings. The first-order valence-electron chi connectivity index (χ1n) is 10.7. The average molecular weight is 437 g/mol. The summed E-state index contributed by atoms with van der Waals surface area (Å²) in [5.74, 6) is 0.357. The highest BCUT2D eigenvalue weighted by molar-refractivity contribution is 6.09. The van der Waals surface area contributed by atoms with Gasteiger partial charge in [0.2, 0.25) is 5.91 Å². The third-order valence-electron chi connectivity index (χ3n) is 5.83. The van der Waals surface area contributed by atoms with Gasteiger partial charge in [-0.05, 0) is 44.0 Å². The lowest BCUT2D eigenvalue weighted by atomic mass is 9.91. The lowest BCUT2D eigenvalue weighted by molar-refractivity contribution is -0.140. The Hall–Kier alpha value is -3.55. The predicted octanol–water partition coefficient (Wildman–Crippen LogP) is 2.66. The van der Waals surface area contributed by atoms with Gasteiger partial charge in [-0.1, -0.05) is 36.4 Å². The van der Waals surface area contributed by atoms with E-state index in [1.807, 2.05) is 44.2 Å². The molecule has 8 nitrogen and oxygen atoms in total. The number of hydrogen-bond donors (Lipinski definition) is 1. The van der Waals surface area contributed by atoms with Crippen molar-refractivity contribution in [1.82, 2.24) is 15.1 Å². The zero-order valence-corrected chi connectivity index (χ0v) is 18.5. The fraction of sp³-hybridized carbons (Fsp3) is 0.375. The van der Waals surface area contributed by atoms with Crippen molar-refractivity contribution in [1.29, 1.82) is 0 Å². The van der Waals surface area contributed by atoms with Crippen molar-refractivity contribution < 1.29 is 23.9 Å². The number of imide groups is 1. The molecular weight excluding hydrogens is 410 g/mol. The molecule has 0 aromatic heterocycles. The van der Waals surface area contributed by atoms with Crippen LogP contribution in [-0.4, -0.2) is 53.4 Å². The first kappa shape index (κ1) is 21.7. The first-order valence-corrected chi connectivity index (χ1v) is 10.7. The highest BCUT2D eigenvalue weighted by Crippen LogP contribution is 2.36. The molecule has 1 fully saturated rings. The third kappa shape index (κ3) is 4.00. The number of carbonyl (C=O) groups excluding carboxylic acids is 3. The van der Waals surface area contributed by atoms with Crippen LogP contribution >= 0.6 is 0 Å². The van der Waals surface area contributed by atoms with E-state index in [1.165, 1.54) is 0 Å².